The molecule has 1 N–H and O–H groups in total. The van der Waals surface area contributed by atoms with Crippen molar-refractivity contribution >= 4 is 31.9 Å². The van der Waals surface area contributed by atoms with Crippen molar-refractivity contribution in [2.24, 2.45) is 0 Å². The normalized spacial score (nSPS) is 12.5. The number of halogens is 4. The molecule has 0 amide bonds. The fourth-order valence-corrected chi connectivity index (χ4v) is 2.81. The molecule has 0 fully saturated rings. The van der Waals surface area contributed by atoms with Crippen LogP contribution in [-0.4, -0.2) is 5.11 Å². The van der Waals surface area contributed by atoms with Crippen LogP contribution in [0.1, 0.15) is 17.2 Å². The van der Waals surface area contributed by atoms with Crippen LogP contribution in [0.4, 0.5) is 8.78 Å². The maximum atomic E-state index is 13.4. The predicted octanol–water partition coefficient (Wildman–Crippen LogP) is 4.77. The Labute approximate surface area is 126 Å². The lowest BCUT2D eigenvalue weighted by molar-refractivity contribution is 0.176. The molecule has 0 spiro atoms. The van der Waals surface area contributed by atoms with Crippen molar-refractivity contribution in [3.05, 3.63) is 68.1 Å². The quantitative estimate of drug-likeness (QED) is 0.747. The van der Waals surface area contributed by atoms with E-state index in [9.17, 15) is 13.9 Å². The second kappa shape index (κ2) is 6.11. The van der Waals surface area contributed by atoms with Gasteiger partial charge in [-0.3, -0.25) is 0 Å². The fourth-order valence-electron chi connectivity index (χ4n) is 1.78. The first-order chi connectivity index (χ1) is 9.00. The van der Waals surface area contributed by atoms with Crippen molar-refractivity contribution in [1.29, 1.82) is 0 Å². The Morgan fingerprint density at radius 2 is 1.74 bits per heavy atom. The van der Waals surface area contributed by atoms with Crippen LogP contribution in [-0.2, 0) is 6.42 Å². The molecular weight excluding hydrogens is 382 g/mol. The SMILES string of the molecule is OC(Cc1ccccc1Br)c1ccc(F)c(F)c1Br. The summed E-state index contributed by atoms with van der Waals surface area (Å²) in [4.78, 5) is 0. The fraction of sp³-hybridized carbons (Fsp3) is 0.143. The van der Waals surface area contributed by atoms with Gasteiger partial charge in [-0.2, -0.15) is 0 Å². The lowest BCUT2D eigenvalue weighted by Gasteiger charge is -2.14. The van der Waals surface area contributed by atoms with Gasteiger partial charge in [-0.15, -0.1) is 0 Å². The number of aliphatic hydroxyl groups excluding tert-OH is 1. The number of rotatable bonds is 3. The molecule has 5 heteroatoms. The molecule has 0 saturated heterocycles. The zero-order chi connectivity index (χ0) is 14.0. The second-order valence-electron chi connectivity index (χ2n) is 4.08. The Morgan fingerprint density at radius 1 is 1.05 bits per heavy atom. The van der Waals surface area contributed by atoms with Gasteiger partial charge >= 0.3 is 0 Å². The van der Waals surface area contributed by atoms with E-state index in [1.54, 1.807) is 0 Å². The highest BCUT2D eigenvalue weighted by molar-refractivity contribution is 9.10. The molecule has 0 aliphatic carbocycles. The topological polar surface area (TPSA) is 20.2 Å². The van der Waals surface area contributed by atoms with Crippen molar-refractivity contribution in [3.8, 4) is 0 Å². The lowest BCUT2D eigenvalue weighted by Crippen LogP contribution is -2.05. The van der Waals surface area contributed by atoms with Crippen LogP contribution in [0.2, 0.25) is 0 Å². The summed E-state index contributed by atoms with van der Waals surface area (Å²) in [5.74, 6) is -1.92. The molecule has 2 rings (SSSR count). The first-order valence-corrected chi connectivity index (χ1v) is 7.14. The van der Waals surface area contributed by atoms with E-state index in [0.717, 1.165) is 16.1 Å². The highest BCUT2D eigenvalue weighted by atomic mass is 79.9. The van der Waals surface area contributed by atoms with Crippen molar-refractivity contribution in [1.82, 2.24) is 0 Å². The summed E-state index contributed by atoms with van der Waals surface area (Å²) >= 11 is 6.36. The van der Waals surface area contributed by atoms with E-state index in [-0.39, 0.29) is 4.47 Å². The zero-order valence-corrected chi connectivity index (χ0v) is 12.9. The monoisotopic (exact) mass is 390 g/mol. The first-order valence-electron chi connectivity index (χ1n) is 5.55. The Hall–Kier alpha value is -0.780. The number of aliphatic hydroxyl groups is 1. The van der Waals surface area contributed by atoms with Crippen LogP contribution in [0.15, 0.2) is 45.3 Å². The third kappa shape index (κ3) is 3.22. The predicted molar refractivity (Wildman–Crippen MR) is 76.9 cm³/mol. The van der Waals surface area contributed by atoms with E-state index in [1.807, 2.05) is 24.3 Å². The van der Waals surface area contributed by atoms with Gasteiger partial charge in [0.15, 0.2) is 11.6 Å². The molecule has 0 aliphatic rings. The molecule has 19 heavy (non-hydrogen) atoms. The Kier molecular flexibility index (Phi) is 4.71. The molecule has 0 heterocycles. The molecule has 0 aromatic heterocycles. The maximum absolute atomic E-state index is 13.4. The van der Waals surface area contributed by atoms with Crippen LogP contribution in [0.3, 0.4) is 0 Å². The molecule has 2 aromatic carbocycles. The second-order valence-corrected chi connectivity index (χ2v) is 5.72. The van der Waals surface area contributed by atoms with Gasteiger partial charge in [-0.25, -0.2) is 8.78 Å². The van der Waals surface area contributed by atoms with Gasteiger partial charge in [0.25, 0.3) is 0 Å². The summed E-state index contributed by atoms with van der Waals surface area (Å²) in [7, 11) is 0. The summed E-state index contributed by atoms with van der Waals surface area (Å²) in [5.41, 5.74) is 1.22. The highest BCUT2D eigenvalue weighted by Crippen LogP contribution is 2.31. The molecule has 1 atom stereocenters. The van der Waals surface area contributed by atoms with Crippen LogP contribution in [0.25, 0.3) is 0 Å². The minimum absolute atomic E-state index is 0.0351. The first kappa shape index (κ1) is 14.6. The summed E-state index contributed by atoms with van der Waals surface area (Å²) < 4.78 is 27.3. The standard InChI is InChI=1S/C14H10Br2F2O/c15-10-4-2-1-3-8(10)7-12(19)9-5-6-11(17)14(18)13(9)16/h1-6,12,19H,7H2. The van der Waals surface area contributed by atoms with Gasteiger partial charge in [0.1, 0.15) is 0 Å². The minimum atomic E-state index is -0.983. The van der Waals surface area contributed by atoms with Crippen molar-refractivity contribution in [3.63, 3.8) is 0 Å². The van der Waals surface area contributed by atoms with E-state index in [0.29, 0.717) is 12.0 Å². The van der Waals surface area contributed by atoms with Gasteiger partial charge in [0, 0.05) is 10.9 Å². The molecule has 0 radical (unpaired) electrons. The summed E-state index contributed by atoms with van der Waals surface area (Å²) in [6, 6.07) is 9.84. The van der Waals surface area contributed by atoms with Crippen molar-refractivity contribution < 1.29 is 13.9 Å². The average Bonchev–Trinajstić information content (AvgIpc) is 2.39. The molecule has 100 valence electrons. The smallest absolute Gasteiger partial charge is 0.173 e. The third-order valence-corrected chi connectivity index (χ3v) is 4.37. The summed E-state index contributed by atoms with van der Waals surface area (Å²) in [5, 5.41) is 10.2. The third-order valence-electron chi connectivity index (χ3n) is 2.80. The number of hydrogen-bond acceptors (Lipinski definition) is 1. The Balaban J connectivity index is 2.28. The summed E-state index contributed by atoms with van der Waals surface area (Å²) in [6.07, 6.45) is -0.603. The van der Waals surface area contributed by atoms with E-state index in [2.05, 4.69) is 31.9 Å². The van der Waals surface area contributed by atoms with Gasteiger partial charge in [0.05, 0.1) is 10.6 Å². The van der Waals surface area contributed by atoms with Crippen molar-refractivity contribution in [2.75, 3.05) is 0 Å². The van der Waals surface area contributed by atoms with Gasteiger partial charge in [0.2, 0.25) is 0 Å². The van der Waals surface area contributed by atoms with Crippen LogP contribution < -0.4 is 0 Å². The lowest BCUT2D eigenvalue weighted by atomic mass is 10.0. The van der Waals surface area contributed by atoms with Crippen LogP contribution in [0, 0.1) is 11.6 Å². The minimum Gasteiger partial charge on any atom is -0.388 e. The van der Waals surface area contributed by atoms with Gasteiger partial charge in [-0.1, -0.05) is 40.2 Å². The Bertz CT molecular complexity index is 602. The van der Waals surface area contributed by atoms with E-state index < -0.39 is 17.7 Å². The van der Waals surface area contributed by atoms with E-state index >= 15 is 0 Å². The highest BCUT2D eigenvalue weighted by Gasteiger charge is 2.18. The number of benzene rings is 2. The molecule has 0 bridgehead atoms. The Morgan fingerprint density at radius 3 is 2.42 bits per heavy atom. The molecule has 0 saturated carbocycles. The van der Waals surface area contributed by atoms with Crippen LogP contribution >= 0.6 is 31.9 Å². The number of hydrogen-bond donors (Lipinski definition) is 1. The van der Waals surface area contributed by atoms with Crippen molar-refractivity contribution in [2.45, 2.75) is 12.5 Å². The molecule has 2 aromatic rings. The van der Waals surface area contributed by atoms with E-state index in [4.69, 9.17) is 0 Å². The van der Waals surface area contributed by atoms with Gasteiger partial charge in [-0.05, 0) is 39.2 Å². The molecule has 1 nitrogen and oxygen atoms in total. The van der Waals surface area contributed by atoms with Crippen LogP contribution in [0.5, 0.6) is 0 Å². The van der Waals surface area contributed by atoms with Gasteiger partial charge < -0.3 is 5.11 Å². The molecular formula is C14H10Br2F2O. The summed E-state index contributed by atoms with van der Waals surface area (Å²) in [6.45, 7) is 0. The largest absolute Gasteiger partial charge is 0.388 e. The zero-order valence-electron chi connectivity index (χ0n) is 9.71. The molecule has 1 unspecified atom stereocenters. The maximum Gasteiger partial charge on any atom is 0.173 e. The average molecular weight is 392 g/mol. The molecule has 0 aliphatic heterocycles. The van der Waals surface area contributed by atoms with E-state index in [1.165, 1.54) is 6.07 Å².